The highest BCUT2D eigenvalue weighted by Gasteiger charge is 2.20. The Morgan fingerprint density at radius 3 is 2.43 bits per heavy atom. The zero-order valence-electron chi connectivity index (χ0n) is 16.3. The Morgan fingerprint density at radius 2 is 1.83 bits per heavy atom. The second kappa shape index (κ2) is 10.4. The number of ether oxygens (including phenoxy) is 1. The lowest BCUT2D eigenvalue weighted by Crippen LogP contribution is -2.29. The number of nitro groups is 1. The van der Waals surface area contributed by atoms with E-state index in [1.54, 1.807) is 12.1 Å². The van der Waals surface area contributed by atoms with Gasteiger partial charge in [0.15, 0.2) is 6.61 Å². The molecule has 2 N–H and O–H groups in total. The molecular formula is C20H20ClN3O6. The number of hydrogen-bond donors (Lipinski definition) is 2. The number of nitrogens with zero attached hydrogens (tertiary/aromatic N) is 1. The number of esters is 1. The van der Waals surface area contributed by atoms with Crippen molar-refractivity contribution in [2.75, 3.05) is 11.9 Å². The van der Waals surface area contributed by atoms with Crippen LogP contribution in [-0.4, -0.2) is 29.3 Å². The first-order valence-corrected chi connectivity index (χ1v) is 9.26. The van der Waals surface area contributed by atoms with Gasteiger partial charge in [-0.25, -0.2) is 0 Å². The van der Waals surface area contributed by atoms with E-state index in [2.05, 4.69) is 10.6 Å². The minimum Gasteiger partial charge on any atom is -0.455 e. The third kappa shape index (κ3) is 6.85. The summed E-state index contributed by atoms with van der Waals surface area (Å²) in [6.07, 6.45) is -0.184. The van der Waals surface area contributed by atoms with Crippen LogP contribution in [0.3, 0.4) is 0 Å². The Morgan fingerprint density at radius 1 is 1.17 bits per heavy atom. The average Bonchev–Trinajstić information content (AvgIpc) is 2.67. The van der Waals surface area contributed by atoms with E-state index in [0.29, 0.717) is 5.56 Å². The van der Waals surface area contributed by atoms with Crippen LogP contribution < -0.4 is 10.6 Å². The molecule has 2 amide bonds. The van der Waals surface area contributed by atoms with Gasteiger partial charge in [-0.2, -0.15) is 0 Å². The topological polar surface area (TPSA) is 128 Å². The molecule has 2 rings (SSSR count). The summed E-state index contributed by atoms with van der Waals surface area (Å²) >= 11 is 5.73. The van der Waals surface area contributed by atoms with Crippen LogP contribution in [0.15, 0.2) is 42.5 Å². The van der Waals surface area contributed by atoms with E-state index >= 15 is 0 Å². The van der Waals surface area contributed by atoms with Crippen LogP contribution in [0.5, 0.6) is 0 Å². The number of carbonyl (C=O) groups excluding carboxylic acids is 3. The Labute approximate surface area is 177 Å². The Bertz CT molecular complexity index is 962. The summed E-state index contributed by atoms with van der Waals surface area (Å²) in [6, 6.07) is 10.4. The van der Waals surface area contributed by atoms with Gasteiger partial charge < -0.3 is 15.4 Å². The molecule has 0 aliphatic rings. The summed E-state index contributed by atoms with van der Waals surface area (Å²) in [4.78, 5) is 46.0. The molecule has 0 saturated heterocycles. The number of halogens is 1. The molecular weight excluding hydrogens is 414 g/mol. The Hall–Kier alpha value is -3.46. The maximum atomic E-state index is 12.2. The fourth-order valence-electron chi connectivity index (χ4n) is 2.62. The molecule has 0 aliphatic carbocycles. The molecule has 0 fully saturated rings. The van der Waals surface area contributed by atoms with E-state index < -0.39 is 29.4 Å². The van der Waals surface area contributed by atoms with E-state index in [-0.39, 0.29) is 28.7 Å². The third-order valence-electron chi connectivity index (χ3n) is 4.02. The van der Waals surface area contributed by atoms with Crippen LogP contribution in [0.2, 0.25) is 5.02 Å². The van der Waals surface area contributed by atoms with Crippen molar-refractivity contribution in [2.45, 2.75) is 26.3 Å². The second-order valence-electron chi connectivity index (χ2n) is 6.50. The van der Waals surface area contributed by atoms with Crippen LogP contribution in [0, 0.1) is 17.0 Å². The standard InChI is InChI=1S/C20H20ClN3O6/c1-12-3-5-14(6-4-12)17(22-13(2)25)10-20(27)30-11-19(26)23-16-8-7-15(21)9-18(16)24(28)29/h3-9,17H,10-11H2,1-2H3,(H,22,25)(H,23,26). The highest BCUT2D eigenvalue weighted by Crippen LogP contribution is 2.27. The first-order chi connectivity index (χ1) is 14.2. The Kier molecular flexibility index (Phi) is 7.88. The van der Waals surface area contributed by atoms with Gasteiger partial charge in [-0.1, -0.05) is 41.4 Å². The molecule has 0 radical (unpaired) electrons. The molecule has 10 heteroatoms. The van der Waals surface area contributed by atoms with E-state index in [9.17, 15) is 24.5 Å². The van der Waals surface area contributed by atoms with Gasteiger partial charge in [-0.3, -0.25) is 24.5 Å². The van der Waals surface area contributed by atoms with Crippen molar-refractivity contribution in [2.24, 2.45) is 0 Å². The monoisotopic (exact) mass is 433 g/mol. The number of benzene rings is 2. The van der Waals surface area contributed by atoms with E-state index in [1.807, 2.05) is 19.1 Å². The van der Waals surface area contributed by atoms with Gasteiger partial charge in [0, 0.05) is 18.0 Å². The molecule has 0 aliphatic heterocycles. The molecule has 158 valence electrons. The number of nitrogens with one attached hydrogen (secondary N) is 2. The predicted octanol–water partition coefficient (Wildman–Crippen LogP) is 3.31. The molecule has 0 saturated carbocycles. The first-order valence-electron chi connectivity index (χ1n) is 8.89. The van der Waals surface area contributed by atoms with Gasteiger partial charge in [0.05, 0.1) is 17.4 Å². The van der Waals surface area contributed by atoms with Gasteiger partial charge in [-0.05, 0) is 24.6 Å². The SMILES string of the molecule is CC(=O)NC(CC(=O)OCC(=O)Nc1ccc(Cl)cc1[N+](=O)[O-])c1ccc(C)cc1. The van der Waals surface area contributed by atoms with Crippen molar-refractivity contribution in [3.63, 3.8) is 0 Å². The van der Waals surface area contributed by atoms with E-state index in [4.69, 9.17) is 16.3 Å². The molecule has 30 heavy (non-hydrogen) atoms. The van der Waals surface area contributed by atoms with Crippen molar-refractivity contribution in [3.05, 3.63) is 68.7 Å². The maximum absolute atomic E-state index is 12.2. The molecule has 2 aromatic carbocycles. The Balaban J connectivity index is 1.97. The lowest BCUT2D eigenvalue weighted by molar-refractivity contribution is -0.383. The van der Waals surface area contributed by atoms with Gasteiger partial charge >= 0.3 is 5.97 Å². The summed E-state index contributed by atoms with van der Waals surface area (Å²) in [5.74, 6) is -1.78. The van der Waals surface area contributed by atoms with E-state index in [1.165, 1.54) is 19.1 Å². The second-order valence-corrected chi connectivity index (χ2v) is 6.93. The van der Waals surface area contributed by atoms with Crippen LogP contribution in [0.1, 0.15) is 30.5 Å². The smallest absolute Gasteiger partial charge is 0.308 e. The molecule has 0 heterocycles. The fourth-order valence-corrected chi connectivity index (χ4v) is 2.78. The number of hydrogen-bond acceptors (Lipinski definition) is 6. The molecule has 0 spiro atoms. The van der Waals surface area contributed by atoms with Crippen molar-refractivity contribution in [1.82, 2.24) is 5.32 Å². The van der Waals surface area contributed by atoms with Crippen molar-refractivity contribution < 1.29 is 24.0 Å². The summed E-state index contributed by atoms with van der Waals surface area (Å²) in [6.45, 7) is 2.60. The molecule has 1 unspecified atom stereocenters. The van der Waals surface area contributed by atoms with Crippen molar-refractivity contribution in [3.8, 4) is 0 Å². The molecule has 2 aromatic rings. The number of nitro benzene ring substituents is 1. The quantitative estimate of drug-likeness (QED) is 0.373. The molecule has 9 nitrogen and oxygen atoms in total. The number of aryl methyl sites for hydroxylation is 1. The van der Waals surface area contributed by atoms with Crippen LogP contribution >= 0.6 is 11.6 Å². The van der Waals surface area contributed by atoms with Crippen molar-refractivity contribution in [1.29, 1.82) is 0 Å². The van der Waals surface area contributed by atoms with Gasteiger partial charge in [0.25, 0.3) is 11.6 Å². The van der Waals surface area contributed by atoms with Crippen molar-refractivity contribution >= 4 is 40.8 Å². The van der Waals surface area contributed by atoms with Gasteiger partial charge in [0.2, 0.25) is 5.91 Å². The molecule has 1 atom stereocenters. The van der Waals surface area contributed by atoms with Gasteiger partial charge in [0.1, 0.15) is 5.69 Å². The minimum absolute atomic E-state index is 0.0683. The van der Waals surface area contributed by atoms with E-state index in [0.717, 1.165) is 11.6 Å². The normalized spacial score (nSPS) is 11.3. The average molecular weight is 434 g/mol. The van der Waals surface area contributed by atoms with Crippen LogP contribution in [0.4, 0.5) is 11.4 Å². The maximum Gasteiger partial charge on any atom is 0.308 e. The third-order valence-corrected chi connectivity index (χ3v) is 4.26. The highest BCUT2D eigenvalue weighted by atomic mass is 35.5. The number of carbonyl (C=O) groups is 3. The minimum atomic E-state index is -0.750. The summed E-state index contributed by atoms with van der Waals surface area (Å²) in [5.41, 5.74) is 1.29. The molecule has 0 aromatic heterocycles. The molecule has 0 bridgehead atoms. The number of amides is 2. The lowest BCUT2D eigenvalue weighted by Gasteiger charge is -2.18. The summed E-state index contributed by atoms with van der Waals surface area (Å²) in [5, 5.41) is 16.2. The zero-order chi connectivity index (χ0) is 22.3. The van der Waals surface area contributed by atoms with Crippen LogP contribution in [0.25, 0.3) is 0 Å². The largest absolute Gasteiger partial charge is 0.455 e. The zero-order valence-corrected chi connectivity index (χ0v) is 17.1. The summed E-state index contributed by atoms with van der Waals surface area (Å²) < 4.78 is 4.96. The summed E-state index contributed by atoms with van der Waals surface area (Å²) in [7, 11) is 0. The number of rotatable bonds is 8. The number of anilines is 1. The van der Waals surface area contributed by atoms with Gasteiger partial charge in [-0.15, -0.1) is 0 Å². The predicted molar refractivity (Wildman–Crippen MR) is 110 cm³/mol. The van der Waals surface area contributed by atoms with Crippen LogP contribution in [-0.2, 0) is 19.1 Å². The first kappa shape index (κ1) is 22.8. The highest BCUT2D eigenvalue weighted by molar-refractivity contribution is 6.31. The lowest BCUT2D eigenvalue weighted by atomic mass is 10.0. The fraction of sp³-hybridized carbons (Fsp3) is 0.250.